The lowest BCUT2D eigenvalue weighted by Crippen LogP contribution is -2.47. The number of fused-ring (bicyclic) bond motifs is 1. The minimum atomic E-state index is 0.515. The van der Waals surface area contributed by atoms with Crippen LogP contribution in [0.4, 0.5) is 11.6 Å². The summed E-state index contributed by atoms with van der Waals surface area (Å²) in [4.78, 5) is 13.3. The molecule has 4 rings (SSSR count). The first kappa shape index (κ1) is 18.1. The van der Waals surface area contributed by atoms with Crippen molar-refractivity contribution in [2.45, 2.75) is 6.92 Å². The first-order valence-electron chi connectivity index (χ1n) is 8.90. The van der Waals surface area contributed by atoms with E-state index in [0.29, 0.717) is 22.8 Å². The molecule has 1 aromatic carbocycles. The molecule has 0 spiro atoms. The van der Waals surface area contributed by atoms with Crippen molar-refractivity contribution in [2.75, 3.05) is 57.3 Å². The summed E-state index contributed by atoms with van der Waals surface area (Å²) in [6.07, 6.45) is 1.55. The SMILES string of the molecule is COc1cc2c(N3CCN(c4nonc4C)CC3)ncnc2c(OC)c1OC. The van der Waals surface area contributed by atoms with Crippen LogP contribution in [-0.2, 0) is 0 Å². The van der Waals surface area contributed by atoms with E-state index in [2.05, 4.69) is 30.1 Å². The Labute approximate surface area is 162 Å². The fraction of sp³-hybridized carbons (Fsp3) is 0.444. The van der Waals surface area contributed by atoms with Gasteiger partial charge < -0.3 is 24.0 Å². The van der Waals surface area contributed by atoms with Gasteiger partial charge in [-0.05, 0) is 18.1 Å². The van der Waals surface area contributed by atoms with Crippen LogP contribution in [0.15, 0.2) is 17.0 Å². The van der Waals surface area contributed by atoms with Gasteiger partial charge in [0.15, 0.2) is 17.3 Å². The largest absolute Gasteiger partial charge is 0.493 e. The number of rotatable bonds is 5. The van der Waals surface area contributed by atoms with Crippen LogP contribution in [0.25, 0.3) is 10.9 Å². The van der Waals surface area contributed by atoms with Crippen molar-refractivity contribution in [1.29, 1.82) is 0 Å². The van der Waals surface area contributed by atoms with Crippen LogP contribution >= 0.6 is 0 Å². The van der Waals surface area contributed by atoms with Crippen molar-refractivity contribution >= 4 is 22.5 Å². The molecule has 3 heterocycles. The lowest BCUT2D eigenvalue weighted by molar-refractivity contribution is 0.304. The molecular formula is C18H22N6O4. The fourth-order valence-electron chi connectivity index (χ4n) is 3.55. The van der Waals surface area contributed by atoms with Gasteiger partial charge in [-0.3, -0.25) is 0 Å². The summed E-state index contributed by atoms with van der Waals surface area (Å²) < 4.78 is 21.4. The minimum Gasteiger partial charge on any atom is -0.493 e. The van der Waals surface area contributed by atoms with Gasteiger partial charge in [-0.1, -0.05) is 5.16 Å². The predicted octanol–water partition coefficient (Wildman–Crippen LogP) is 1.67. The Balaban J connectivity index is 1.69. The number of methoxy groups -OCH3 is 3. The van der Waals surface area contributed by atoms with Crippen molar-refractivity contribution in [1.82, 2.24) is 20.3 Å². The molecule has 0 atom stereocenters. The van der Waals surface area contributed by atoms with Gasteiger partial charge in [0.1, 0.15) is 23.4 Å². The highest BCUT2D eigenvalue weighted by Gasteiger charge is 2.25. The van der Waals surface area contributed by atoms with Gasteiger partial charge in [-0.15, -0.1) is 0 Å². The second kappa shape index (κ2) is 7.37. The van der Waals surface area contributed by atoms with Crippen molar-refractivity contribution in [3.05, 3.63) is 18.1 Å². The Morgan fingerprint density at radius 1 is 0.857 bits per heavy atom. The highest BCUT2D eigenvalue weighted by Crippen LogP contribution is 2.44. The lowest BCUT2D eigenvalue weighted by atomic mass is 10.1. The first-order valence-corrected chi connectivity index (χ1v) is 8.90. The number of aryl methyl sites for hydroxylation is 1. The average molecular weight is 386 g/mol. The van der Waals surface area contributed by atoms with Gasteiger partial charge >= 0.3 is 0 Å². The van der Waals surface area contributed by atoms with Crippen LogP contribution in [0.3, 0.4) is 0 Å². The zero-order chi connectivity index (χ0) is 19.7. The van der Waals surface area contributed by atoms with Gasteiger partial charge in [0.05, 0.1) is 26.7 Å². The smallest absolute Gasteiger partial charge is 0.205 e. The second-order valence-electron chi connectivity index (χ2n) is 6.39. The van der Waals surface area contributed by atoms with Crippen LogP contribution < -0.4 is 24.0 Å². The Bertz CT molecular complexity index is 984. The number of piperazine rings is 1. The van der Waals surface area contributed by atoms with E-state index in [1.54, 1.807) is 27.7 Å². The number of benzene rings is 1. The summed E-state index contributed by atoms with van der Waals surface area (Å²) >= 11 is 0. The van der Waals surface area contributed by atoms with Gasteiger partial charge in [-0.25, -0.2) is 14.6 Å². The number of ether oxygens (including phenoxy) is 3. The summed E-state index contributed by atoms with van der Waals surface area (Å²) in [5.41, 5.74) is 1.48. The quantitative estimate of drug-likeness (QED) is 0.644. The van der Waals surface area contributed by atoms with Crippen molar-refractivity contribution in [3.8, 4) is 17.2 Å². The fourth-order valence-corrected chi connectivity index (χ4v) is 3.55. The molecule has 0 aliphatic carbocycles. The van der Waals surface area contributed by atoms with E-state index in [1.807, 2.05) is 13.0 Å². The summed E-state index contributed by atoms with van der Waals surface area (Å²) in [5.74, 6) is 3.24. The number of aromatic nitrogens is 4. The zero-order valence-corrected chi connectivity index (χ0v) is 16.3. The van der Waals surface area contributed by atoms with E-state index in [0.717, 1.165) is 48.9 Å². The molecule has 148 valence electrons. The molecule has 0 amide bonds. The average Bonchev–Trinajstić information content (AvgIpc) is 3.17. The molecule has 1 aliphatic rings. The molecule has 10 nitrogen and oxygen atoms in total. The molecule has 3 aromatic rings. The second-order valence-corrected chi connectivity index (χ2v) is 6.39. The van der Waals surface area contributed by atoms with Crippen molar-refractivity contribution in [3.63, 3.8) is 0 Å². The monoisotopic (exact) mass is 386 g/mol. The van der Waals surface area contributed by atoms with E-state index in [1.165, 1.54) is 0 Å². The lowest BCUT2D eigenvalue weighted by Gasteiger charge is -2.35. The third kappa shape index (κ3) is 2.90. The summed E-state index contributed by atoms with van der Waals surface area (Å²) in [7, 11) is 4.76. The van der Waals surface area contributed by atoms with E-state index in [4.69, 9.17) is 18.8 Å². The van der Waals surface area contributed by atoms with E-state index in [9.17, 15) is 0 Å². The van der Waals surface area contributed by atoms with E-state index < -0.39 is 0 Å². The number of nitrogens with zero attached hydrogens (tertiary/aromatic N) is 6. The third-order valence-electron chi connectivity index (χ3n) is 4.92. The van der Waals surface area contributed by atoms with Crippen LogP contribution in [0.5, 0.6) is 17.2 Å². The molecule has 0 unspecified atom stereocenters. The van der Waals surface area contributed by atoms with E-state index in [-0.39, 0.29) is 0 Å². The van der Waals surface area contributed by atoms with Crippen LogP contribution in [0.2, 0.25) is 0 Å². The number of hydrogen-bond acceptors (Lipinski definition) is 10. The molecular weight excluding hydrogens is 364 g/mol. The number of anilines is 2. The topological polar surface area (TPSA) is 98.9 Å². The molecule has 1 fully saturated rings. The highest BCUT2D eigenvalue weighted by atomic mass is 16.6. The third-order valence-corrected chi connectivity index (χ3v) is 4.92. The molecule has 28 heavy (non-hydrogen) atoms. The molecule has 0 radical (unpaired) electrons. The minimum absolute atomic E-state index is 0.515. The van der Waals surface area contributed by atoms with Crippen LogP contribution in [0, 0.1) is 6.92 Å². The Kier molecular flexibility index (Phi) is 4.76. The zero-order valence-electron chi connectivity index (χ0n) is 16.3. The number of hydrogen-bond donors (Lipinski definition) is 0. The first-order chi connectivity index (χ1) is 13.7. The summed E-state index contributed by atoms with van der Waals surface area (Å²) in [5, 5.41) is 8.71. The van der Waals surface area contributed by atoms with E-state index >= 15 is 0 Å². The van der Waals surface area contributed by atoms with Crippen LogP contribution in [0.1, 0.15) is 5.69 Å². The van der Waals surface area contributed by atoms with Gasteiger partial charge in [-0.2, -0.15) is 0 Å². The molecule has 0 N–H and O–H groups in total. The maximum absolute atomic E-state index is 5.57. The predicted molar refractivity (Wildman–Crippen MR) is 103 cm³/mol. The normalized spacial score (nSPS) is 14.4. The molecule has 1 saturated heterocycles. The maximum atomic E-state index is 5.57. The summed E-state index contributed by atoms with van der Waals surface area (Å²) in [6, 6.07) is 1.89. The van der Waals surface area contributed by atoms with Gasteiger partial charge in [0.25, 0.3) is 0 Å². The standard InChI is InChI=1S/C18H22N6O4/c1-11-17(22-28-21-11)23-5-7-24(8-6-23)18-12-9-13(25-2)15(26-3)16(27-4)14(12)19-10-20-18/h9-10H,5-8H2,1-4H3. The van der Waals surface area contributed by atoms with Crippen molar-refractivity contribution in [2.24, 2.45) is 0 Å². The molecule has 0 bridgehead atoms. The Hall–Kier alpha value is -3.30. The van der Waals surface area contributed by atoms with Gasteiger partial charge in [0, 0.05) is 26.2 Å². The molecule has 10 heteroatoms. The molecule has 0 saturated carbocycles. The van der Waals surface area contributed by atoms with Crippen LogP contribution in [-0.4, -0.2) is 67.8 Å². The summed E-state index contributed by atoms with van der Waals surface area (Å²) in [6.45, 7) is 5.00. The Morgan fingerprint density at radius 3 is 2.11 bits per heavy atom. The molecule has 1 aliphatic heterocycles. The maximum Gasteiger partial charge on any atom is 0.205 e. The highest BCUT2D eigenvalue weighted by molar-refractivity contribution is 5.97. The Morgan fingerprint density at radius 2 is 1.54 bits per heavy atom. The van der Waals surface area contributed by atoms with Gasteiger partial charge in [0.2, 0.25) is 5.75 Å². The molecule has 2 aromatic heterocycles. The van der Waals surface area contributed by atoms with Crippen molar-refractivity contribution < 1.29 is 18.8 Å².